The van der Waals surface area contributed by atoms with Gasteiger partial charge in [0.2, 0.25) is 0 Å². The highest BCUT2D eigenvalue weighted by Crippen LogP contribution is 2.34. The molecule has 1 aliphatic carbocycles. The molecule has 1 fully saturated rings. The minimum Gasteiger partial charge on any atom is -0.373 e. The van der Waals surface area contributed by atoms with Crippen molar-refractivity contribution < 1.29 is 9.53 Å². The first-order valence-corrected chi connectivity index (χ1v) is 6.30. The Hall–Kier alpha value is -0.670. The number of ketones is 1. The maximum Gasteiger partial charge on any atom is 0.166 e. The SMILES string of the molecule is COC(C(=O)Cc1ccc(Br)cc1)C1CC1. The van der Waals surface area contributed by atoms with E-state index >= 15 is 0 Å². The molecule has 1 atom stereocenters. The van der Waals surface area contributed by atoms with Gasteiger partial charge in [0.25, 0.3) is 0 Å². The second-order valence-electron chi connectivity index (χ2n) is 4.26. The standard InChI is InChI=1S/C13H15BrO2/c1-16-13(10-4-5-10)12(15)8-9-2-6-11(14)7-3-9/h2-3,6-7,10,13H,4-5,8H2,1H3. The highest BCUT2D eigenvalue weighted by Gasteiger charge is 2.35. The summed E-state index contributed by atoms with van der Waals surface area (Å²) in [5.41, 5.74) is 1.05. The summed E-state index contributed by atoms with van der Waals surface area (Å²) >= 11 is 3.38. The number of rotatable bonds is 5. The molecule has 86 valence electrons. The fourth-order valence-corrected chi connectivity index (χ4v) is 2.15. The Morgan fingerprint density at radius 3 is 2.56 bits per heavy atom. The molecule has 1 aromatic carbocycles. The molecule has 1 unspecified atom stereocenters. The summed E-state index contributed by atoms with van der Waals surface area (Å²) in [5, 5.41) is 0. The first kappa shape index (κ1) is 11.8. The zero-order chi connectivity index (χ0) is 11.5. The topological polar surface area (TPSA) is 26.3 Å². The molecule has 1 aromatic rings. The van der Waals surface area contributed by atoms with Gasteiger partial charge in [0.05, 0.1) is 0 Å². The van der Waals surface area contributed by atoms with Gasteiger partial charge in [-0.2, -0.15) is 0 Å². The van der Waals surface area contributed by atoms with Crippen LogP contribution in [0.15, 0.2) is 28.7 Å². The first-order chi connectivity index (χ1) is 7.70. The Kier molecular flexibility index (Phi) is 3.77. The number of halogens is 1. The molecule has 0 aromatic heterocycles. The van der Waals surface area contributed by atoms with Crippen LogP contribution in [-0.2, 0) is 16.0 Å². The molecule has 3 heteroatoms. The van der Waals surface area contributed by atoms with Crippen molar-refractivity contribution in [2.24, 2.45) is 5.92 Å². The summed E-state index contributed by atoms with van der Waals surface area (Å²) in [6, 6.07) is 7.87. The minimum atomic E-state index is -0.191. The maximum absolute atomic E-state index is 12.0. The lowest BCUT2D eigenvalue weighted by molar-refractivity contribution is -0.129. The Morgan fingerprint density at radius 2 is 2.06 bits per heavy atom. The van der Waals surface area contributed by atoms with E-state index in [9.17, 15) is 4.79 Å². The normalized spacial score (nSPS) is 17.1. The molecule has 16 heavy (non-hydrogen) atoms. The lowest BCUT2D eigenvalue weighted by atomic mass is 10.0. The summed E-state index contributed by atoms with van der Waals surface area (Å²) < 4.78 is 6.31. The molecule has 2 nitrogen and oxygen atoms in total. The van der Waals surface area contributed by atoms with Gasteiger partial charge in [-0.25, -0.2) is 0 Å². The van der Waals surface area contributed by atoms with E-state index in [4.69, 9.17) is 4.74 Å². The van der Waals surface area contributed by atoms with Crippen LogP contribution < -0.4 is 0 Å². The monoisotopic (exact) mass is 282 g/mol. The first-order valence-electron chi connectivity index (χ1n) is 5.50. The molecule has 0 aliphatic heterocycles. The van der Waals surface area contributed by atoms with E-state index in [1.54, 1.807) is 7.11 Å². The van der Waals surface area contributed by atoms with Crippen LogP contribution in [-0.4, -0.2) is 19.0 Å². The van der Waals surface area contributed by atoms with Gasteiger partial charge >= 0.3 is 0 Å². The van der Waals surface area contributed by atoms with Crippen molar-refractivity contribution in [2.45, 2.75) is 25.4 Å². The van der Waals surface area contributed by atoms with Gasteiger partial charge < -0.3 is 4.74 Å². The third kappa shape index (κ3) is 2.92. The Bertz CT molecular complexity index is 368. The largest absolute Gasteiger partial charge is 0.373 e. The van der Waals surface area contributed by atoms with Gasteiger partial charge in [-0.3, -0.25) is 4.79 Å². The van der Waals surface area contributed by atoms with Crippen molar-refractivity contribution in [3.63, 3.8) is 0 Å². The van der Waals surface area contributed by atoms with Crippen LogP contribution in [0.1, 0.15) is 18.4 Å². The van der Waals surface area contributed by atoms with Crippen LogP contribution >= 0.6 is 15.9 Å². The summed E-state index contributed by atoms with van der Waals surface area (Å²) in [7, 11) is 1.63. The molecule has 0 saturated heterocycles. The third-order valence-corrected chi connectivity index (χ3v) is 3.44. The fourth-order valence-electron chi connectivity index (χ4n) is 1.89. The summed E-state index contributed by atoms with van der Waals surface area (Å²) in [6.07, 6.45) is 2.54. The van der Waals surface area contributed by atoms with E-state index in [1.165, 1.54) is 0 Å². The van der Waals surface area contributed by atoms with Crippen LogP contribution in [0.4, 0.5) is 0 Å². The maximum atomic E-state index is 12.0. The molecule has 0 bridgehead atoms. The van der Waals surface area contributed by atoms with Crippen molar-refractivity contribution >= 4 is 21.7 Å². The molecule has 0 spiro atoms. The molecule has 0 amide bonds. The number of carbonyl (C=O) groups excluding carboxylic acids is 1. The van der Waals surface area contributed by atoms with Crippen molar-refractivity contribution in [1.82, 2.24) is 0 Å². The van der Waals surface area contributed by atoms with Gasteiger partial charge in [-0.15, -0.1) is 0 Å². The zero-order valence-corrected chi connectivity index (χ0v) is 10.9. The molecule has 0 N–H and O–H groups in total. The number of benzene rings is 1. The number of hydrogen-bond acceptors (Lipinski definition) is 2. The van der Waals surface area contributed by atoms with Crippen molar-refractivity contribution in [2.75, 3.05) is 7.11 Å². The zero-order valence-electron chi connectivity index (χ0n) is 9.28. The van der Waals surface area contributed by atoms with Crippen LogP contribution in [0, 0.1) is 5.92 Å². The Labute approximate surface area is 104 Å². The van der Waals surface area contributed by atoms with Gasteiger partial charge in [0.1, 0.15) is 6.10 Å². The van der Waals surface area contributed by atoms with Crippen molar-refractivity contribution in [1.29, 1.82) is 0 Å². The molecule has 2 rings (SSSR count). The van der Waals surface area contributed by atoms with Gasteiger partial charge in [0.15, 0.2) is 5.78 Å². The van der Waals surface area contributed by atoms with Crippen molar-refractivity contribution in [3.8, 4) is 0 Å². The molecule has 1 saturated carbocycles. The summed E-state index contributed by atoms with van der Waals surface area (Å²) in [5.74, 6) is 0.667. The van der Waals surface area contributed by atoms with Crippen LogP contribution in [0.2, 0.25) is 0 Å². The second kappa shape index (κ2) is 5.11. The van der Waals surface area contributed by atoms with Crippen LogP contribution in [0.25, 0.3) is 0 Å². The van der Waals surface area contributed by atoms with E-state index in [1.807, 2.05) is 24.3 Å². The lowest BCUT2D eigenvalue weighted by Crippen LogP contribution is -2.26. The average Bonchev–Trinajstić information content (AvgIpc) is 3.07. The number of methoxy groups -OCH3 is 1. The molecule has 0 radical (unpaired) electrons. The van der Waals surface area contributed by atoms with E-state index in [0.29, 0.717) is 12.3 Å². The van der Waals surface area contributed by atoms with E-state index in [-0.39, 0.29) is 11.9 Å². The van der Waals surface area contributed by atoms with Gasteiger partial charge in [0, 0.05) is 18.0 Å². The van der Waals surface area contributed by atoms with Gasteiger partial charge in [-0.05, 0) is 36.5 Å². The van der Waals surface area contributed by atoms with Crippen molar-refractivity contribution in [3.05, 3.63) is 34.3 Å². The highest BCUT2D eigenvalue weighted by atomic mass is 79.9. The molecule has 1 aliphatic rings. The fraction of sp³-hybridized carbons (Fsp3) is 0.462. The molecular weight excluding hydrogens is 268 g/mol. The Morgan fingerprint density at radius 1 is 1.44 bits per heavy atom. The quantitative estimate of drug-likeness (QED) is 0.830. The number of carbonyl (C=O) groups is 1. The van der Waals surface area contributed by atoms with E-state index in [2.05, 4.69) is 15.9 Å². The van der Waals surface area contributed by atoms with E-state index < -0.39 is 0 Å². The summed E-state index contributed by atoms with van der Waals surface area (Å²) in [6.45, 7) is 0. The number of Topliss-reactive ketones (excluding diaryl/α,β-unsaturated/α-hetero) is 1. The molecule has 0 heterocycles. The number of hydrogen-bond donors (Lipinski definition) is 0. The average molecular weight is 283 g/mol. The van der Waals surface area contributed by atoms with Gasteiger partial charge in [-0.1, -0.05) is 28.1 Å². The highest BCUT2D eigenvalue weighted by molar-refractivity contribution is 9.10. The van der Waals surface area contributed by atoms with E-state index in [0.717, 1.165) is 22.9 Å². The summed E-state index contributed by atoms with van der Waals surface area (Å²) in [4.78, 5) is 12.0. The Balaban J connectivity index is 1.97. The van der Waals surface area contributed by atoms with Crippen LogP contribution in [0.5, 0.6) is 0 Å². The third-order valence-electron chi connectivity index (χ3n) is 2.91. The minimum absolute atomic E-state index is 0.191. The second-order valence-corrected chi connectivity index (χ2v) is 5.18. The lowest BCUT2D eigenvalue weighted by Gasteiger charge is -2.12. The number of ether oxygens (including phenoxy) is 1. The molecular formula is C13H15BrO2. The smallest absolute Gasteiger partial charge is 0.166 e. The van der Waals surface area contributed by atoms with Crippen LogP contribution in [0.3, 0.4) is 0 Å². The predicted octanol–water partition coefficient (Wildman–Crippen LogP) is 2.99. The predicted molar refractivity (Wildman–Crippen MR) is 66.4 cm³/mol.